The lowest BCUT2D eigenvalue weighted by atomic mass is 10.2. The van der Waals surface area contributed by atoms with Gasteiger partial charge in [0.2, 0.25) is 0 Å². The van der Waals surface area contributed by atoms with Gasteiger partial charge < -0.3 is 20.4 Å². The fraction of sp³-hybridized carbons (Fsp3) is 0.556. The molecule has 1 unspecified atom stereocenters. The lowest BCUT2D eigenvalue weighted by Crippen LogP contribution is -2.33. The molecule has 6 heteroatoms. The SMILES string of the molecule is O=C(NCC(O)C1CC1)c1c[nH]c(=O)[nH]1. The summed E-state index contributed by atoms with van der Waals surface area (Å²) < 4.78 is 0. The van der Waals surface area contributed by atoms with E-state index in [1.54, 1.807) is 0 Å². The molecule has 1 heterocycles. The fourth-order valence-corrected chi connectivity index (χ4v) is 1.39. The largest absolute Gasteiger partial charge is 0.391 e. The minimum Gasteiger partial charge on any atom is -0.391 e. The van der Waals surface area contributed by atoms with Crippen LogP contribution in [0.3, 0.4) is 0 Å². The molecular formula is C9H13N3O3. The van der Waals surface area contributed by atoms with Crippen molar-refractivity contribution in [2.45, 2.75) is 18.9 Å². The molecule has 0 aliphatic heterocycles. The number of rotatable bonds is 4. The topological polar surface area (TPSA) is 98.0 Å². The first-order valence-corrected chi connectivity index (χ1v) is 4.91. The molecule has 0 spiro atoms. The lowest BCUT2D eigenvalue weighted by molar-refractivity contribution is 0.0896. The van der Waals surface area contributed by atoms with Crippen molar-refractivity contribution in [1.82, 2.24) is 15.3 Å². The number of aromatic amines is 2. The zero-order valence-electron chi connectivity index (χ0n) is 8.12. The molecule has 1 aliphatic rings. The summed E-state index contributed by atoms with van der Waals surface area (Å²) in [7, 11) is 0. The van der Waals surface area contributed by atoms with E-state index in [-0.39, 0.29) is 18.1 Å². The number of aromatic nitrogens is 2. The highest BCUT2D eigenvalue weighted by molar-refractivity contribution is 5.91. The Labute approximate surface area is 85.7 Å². The summed E-state index contributed by atoms with van der Waals surface area (Å²) >= 11 is 0. The lowest BCUT2D eigenvalue weighted by Gasteiger charge is -2.09. The second-order valence-corrected chi connectivity index (χ2v) is 3.77. The summed E-state index contributed by atoms with van der Waals surface area (Å²) in [5, 5.41) is 12.0. The van der Waals surface area contributed by atoms with Crippen molar-refractivity contribution in [3.05, 3.63) is 22.4 Å². The summed E-state index contributed by atoms with van der Waals surface area (Å²) in [5.74, 6) is -0.0522. The van der Waals surface area contributed by atoms with Crippen LogP contribution in [0.15, 0.2) is 11.0 Å². The fourth-order valence-electron chi connectivity index (χ4n) is 1.39. The van der Waals surface area contributed by atoms with Crippen molar-refractivity contribution < 1.29 is 9.90 Å². The molecule has 4 N–H and O–H groups in total. The minimum atomic E-state index is -0.473. The molecule has 0 saturated heterocycles. The highest BCUT2D eigenvalue weighted by Gasteiger charge is 2.29. The van der Waals surface area contributed by atoms with Crippen LogP contribution in [0.25, 0.3) is 0 Å². The maximum absolute atomic E-state index is 11.4. The first-order chi connectivity index (χ1) is 7.16. The number of amides is 1. The number of nitrogens with one attached hydrogen (secondary N) is 3. The van der Waals surface area contributed by atoms with Gasteiger partial charge in [0.1, 0.15) is 5.69 Å². The molecule has 1 aliphatic carbocycles. The Morgan fingerprint density at radius 2 is 2.40 bits per heavy atom. The number of hydrogen-bond donors (Lipinski definition) is 4. The van der Waals surface area contributed by atoms with Gasteiger partial charge in [0.15, 0.2) is 0 Å². The standard InChI is InChI=1S/C9H13N3O3/c13-7(5-1-2-5)4-10-8(14)6-3-11-9(15)12-6/h3,5,7,13H,1-2,4H2,(H,10,14)(H2,11,12,15). The molecule has 6 nitrogen and oxygen atoms in total. The van der Waals surface area contributed by atoms with Crippen LogP contribution in [0, 0.1) is 5.92 Å². The summed E-state index contributed by atoms with van der Waals surface area (Å²) in [6.07, 6.45) is 2.89. The van der Waals surface area contributed by atoms with Crippen LogP contribution in [-0.4, -0.2) is 33.6 Å². The molecule has 2 rings (SSSR count). The van der Waals surface area contributed by atoms with E-state index < -0.39 is 11.8 Å². The molecule has 1 aromatic rings. The quantitative estimate of drug-likeness (QED) is 0.525. The minimum absolute atomic E-state index is 0.183. The van der Waals surface area contributed by atoms with Gasteiger partial charge in [-0.05, 0) is 18.8 Å². The number of carbonyl (C=O) groups is 1. The van der Waals surface area contributed by atoms with Crippen molar-refractivity contribution in [2.75, 3.05) is 6.54 Å². The van der Waals surface area contributed by atoms with Crippen molar-refractivity contribution in [3.8, 4) is 0 Å². The van der Waals surface area contributed by atoms with Gasteiger partial charge in [-0.15, -0.1) is 0 Å². The molecular weight excluding hydrogens is 198 g/mol. The van der Waals surface area contributed by atoms with Crippen molar-refractivity contribution >= 4 is 5.91 Å². The number of H-pyrrole nitrogens is 2. The zero-order valence-corrected chi connectivity index (χ0v) is 8.12. The predicted molar refractivity (Wildman–Crippen MR) is 52.5 cm³/mol. The Morgan fingerprint density at radius 1 is 1.67 bits per heavy atom. The zero-order chi connectivity index (χ0) is 10.8. The first-order valence-electron chi connectivity index (χ1n) is 4.91. The molecule has 15 heavy (non-hydrogen) atoms. The van der Waals surface area contributed by atoms with E-state index in [0.717, 1.165) is 12.8 Å². The van der Waals surface area contributed by atoms with Gasteiger partial charge in [0, 0.05) is 12.7 Å². The van der Waals surface area contributed by atoms with Gasteiger partial charge in [-0.2, -0.15) is 0 Å². The Morgan fingerprint density at radius 3 is 2.93 bits per heavy atom. The van der Waals surface area contributed by atoms with Gasteiger partial charge in [-0.3, -0.25) is 4.79 Å². The molecule has 0 aromatic carbocycles. The van der Waals surface area contributed by atoms with Crippen LogP contribution in [0.5, 0.6) is 0 Å². The maximum atomic E-state index is 11.4. The number of aliphatic hydroxyl groups is 1. The van der Waals surface area contributed by atoms with Crippen molar-refractivity contribution in [1.29, 1.82) is 0 Å². The molecule has 1 saturated carbocycles. The molecule has 1 fully saturated rings. The molecule has 0 radical (unpaired) electrons. The van der Waals surface area contributed by atoms with E-state index in [1.807, 2.05) is 0 Å². The van der Waals surface area contributed by atoms with Crippen LogP contribution < -0.4 is 11.0 Å². The maximum Gasteiger partial charge on any atom is 0.323 e. The summed E-state index contributed by atoms with van der Waals surface area (Å²) in [6.45, 7) is 0.233. The van der Waals surface area contributed by atoms with Crippen LogP contribution in [0.2, 0.25) is 0 Å². The average molecular weight is 211 g/mol. The van der Waals surface area contributed by atoms with Crippen LogP contribution >= 0.6 is 0 Å². The van der Waals surface area contributed by atoms with Gasteiger partial charge in [0.05, 0.1) is 6.10 Å². The normalized spacial score (nSPS) is 17.4. The van der Waals surface area contributed by atoms with E-state index in [2.05, 4.69) is 15.3 Å². The molecule has 82 valence electrons. The van der Waals surface area contributed by atoms with E-state index in [1.165, 1.54) is 6.20 Å². The third-order valence-electron chi connectivity index (χ3n) is 2.48. The Kier molecular flexibility index (Phi) is 2.59. The van der Waals surface area contributed by atoms with Crippen LogP contribution in [0.4, 0.5) is 0 Å². The highest BCUT2D eigenvalue weighted by Crippen LogP contribution is 2.32. The van der Waals surface area contributed by atoms with Crippen LogP contribution in [-0.2, 0) is 0 Å². The summed E-state index contributed by atoms with van der Waals surface area (Å²) in [4.78, 5) is 26.8. The van der Waals surface area contributed by atoms with E-state index in [9.17, 15) is 14.7 Å². The van der Waals surface area contributed by atoms with Gasteiger partial charge in [0.25, 0.3) is 5.91 Å². The van der Waals surface area contributed by atoms with E-state index in [0.29, 0.717) is 5.92 Å². The Hall–Kier alpha value is -1.56. The average Bonchev–Trinajstić information content (AvgIpc) is 2.97. The van der Waals surface area contributed by atoms with Crippen molar-refractivity contribution in [2.24, 2.45) is 5.92 Å². The van der Waals surface area contributed by atoms with Gasteiger partial charge in [-0.1, -0.05) is 0 Å². The molecule has 1 amide bonds. The number of hydrogen-bond acceptors (Lipinski definition) is 3. The summed E-state index contributed by atoms with van der Waals surface area (Å²) in [6, 6.07) is 0. The van der Waals surface area contributed by atoms with Gasteiger partial charge >= 0.3 is 5.69 Å². The van der Waals surface area contributed by atoms with E-state index >= 15 is 0 Å². The third-order valence-corrected chi connectivity index (χ3v) is 2.48. The van der Waals surface area contributed by atoms with Gasteiger partial charge in [-0.25, -0.2) is 4.79 Å². The smallest absolute Gasteiger partial charge is 0.323 e. The van der Waals surface area contributed by atoms with E-state index in [4.69, 9.17) is 0 Å². The van der Waals surface area contributed by atoms with Crippen molar-refractivity contribution in [3.63, 3.8) is 0 Å². The Bertz CT molecular complexity index is 405. The molecule has 0 bridgehead atoms. The second-order valence-electron chi connectivity index (χ2n) is 3.77. The number of aliphatic hydroxyl groups excluding tert-OH is 1. The predicted octanol–water partition coefficient (Wildman–Crippen LogP) is -0.796. The first kappa shape index (κ1) is 9.97. The number of carbonyl (C=O) groups excluding carboxylic acids is 1. The Balaban J connectivity index is 1.84. The second kappa shape index (κ2) is 3.90. The monoisotopic (exact) mass is 211 g/mol. The van der Waals surface area contributed by atoms with Crippen LogP contribution in [0.1, 0.15) is 23.3 Å². The summed E-state index contributed by atoms with van der Waals surface area (Å²) in [5.41, 5.74) is -0.231. The molecule has 1 atom stereocenters. The third kappa shape index (κ3) is 2.47. The molecule has 1 aromatic heterocycles. The number of imidazole rings is 1. The highest BCUT2D eigenvalue weighted by atomic mass is 16.3.